The van der Waals surface area contributed by atoms with E-state index in [1.54, 1.807) is 0 Å². The van der Waals surface area contributed by atoms with Crippen LogP contribution in [0, 0.1) is 11.3 Å². The average Bonchev–Trinajstić information content (AvgIpc) is 3.02. The normalized spacial score (nSPS) is 25.4. The number of carbonyl (C=O) groups is 2. The first-order chi connectivity index (χ1) is 12.1. The van der Waals surface area contributed by atoms with Crippen LogP contribution in [0.5, 0.6) is 0 Å². The SMILES string of the molecule is O=C(O)C1CC12CCN(C(=O)CCc1nc(C3CCCC3)no1)CC2. The van der Waals surface area contributed by atoms with Gasteiger partial charge in [0.1, 0.15) is 0 Å². The Labute approximate surface area is 146 Å². The van der Waals surface area contributed by atoms with E-state index in [1.165, 1.54) is 12.8 Å². The van der Waals surface area contributed by atoms with Crippen LogP contribution in [0.15, 0.2) is 4.52 Å². The Morgan fingerprint density at radius 2 is 1.96 bits per heavy atom. The van der Waals surface area contributed by atoms with Crippen molar-refractivity contribution in [2.75, 3.05) is 13.1 Å². The standard InChI is InChI=1S/C18H25N3O4/c22-15(21-9-7-18(8-10-21)11-13(18)17(23)24)6-5-14-19-16(20-25-14)12-3-1-2-4-12/h12-13H,1-11H2,(H,23,24). The lowest BCUT2D eigenvalue weighted by molar-refractivity contribution is -0.139. The number of rotatable bonds is 5. The number of carboxylic acid groups (broad SMARTS) is 1. The number of hydrogen-bond donors (Lipinski definition) is 1. The molecule has 3 fully saturated rings. The van der Waals surface area contributed by atoms with E-state index in [4.69, 9.17) is 9.63 Å². The Morgan fingerprint density at radius 3 is 2.60 bits per heavy atom. The second-order valence-electron chi connectivity index (χ2n) is 7.87. The second kappa shape index (κ2) is 6.42. The summed E-state index contributed by atoms with van der Waals surface area (Å²) in [4.78, 5) is 29.8. The summed E-state index contributed by atoms with van der Waals surface area (Å²) in [5, 5.41) is 13.2. The number of likely N-dealkylation sites (tertiary alicyclic amines) is 1. The minimum atomic E-state index is -0.686. The van der Waals surface area contributed by atoms with Crippen LogP contribution in [0.25, 0.3) is 0 Å². The molecule has 2 aliphatic carbocycles. The van der Waals surface area contributed by atoms with E-state index >= 15 is 0 Å². The number of nitrogens with zero attached hydrogens (tertiary/aromatic N) is 3. The largest absolute Gasteiger partial charge is 0.481 e. The third-order valence-electron chi connectivity index (χ3n) is 6.36. The Balaban J connectivity index is 1.24. The lowest BCUT2D eigenvalue weighted by atomic mass is 9.90. The smallest absolute Gasteiger partial charge is 0.307 e. The minimum Gasteiger partial charge on any atom is -0.481 e. The molecule has 0 bridgehead atoms. The molecule has 0 radical (unpaired) electrons. The fourth-order valence-electron chi connectivity index (χ4n) is 4.54. The molecule has 2 saturated carbocycles. The lowest BCUT2D eigenvalue weighted by Crippen LogP contribution is -2.40. The van der Waals surface area contributed by atoms with Gasteiger partial charge in [-0.2, -0.15) is 4.98 Å². The summed E-state index contributed by atoms with van der Waals surface area (Å²) < 4.78 is 5.30. The van der Waals surface area contributed by atoms with Crippen LogP contribution >= 0.6 is 0 Å². The first-order valence-electron chi connectivity index (χ1n) is 9.40. The van der Waals surface area contributed by atoms with Gasteiger partial charge in [-0.1, -0.05) is 18.0 Å². The van der Waals surface area contributed by atoms with Gasteiger partial charge < -0.3 is 14.5 Å². The molecule has 7 heteroatoms. The minimum absolute atomic E-state index is 0.0364. The van der Waals surface area contributed by atoms with Gasteiger partial charge in [0.25, 0.3) is 0 Å². The number of aryl methyl sites for hydroxylation is 1. The molecular weight excluding hydrogens is 322 g/mol. The van der Waals surface area contributed by atoms with Gasteiger partial charge in [-0.25, -0.2) is 0 Å². The maximum atomic E-state index is 12.4. The van der Waals surface area contributed by atoms with Crippen molar-refractivity contribution in [2.45, 2.75) is 63.7 Å². The number of hydrogen-bond acceptors (Lipinski definition) is 5. The zero-order chi connectivity index (χ0) is 17.4. The molecule has 1 aromatic heterocycles. The van der Waals surface area contributed by atoms with Crippen LogP contribution in [0.3, 0.4) is 0 Å². The predicted octanol–water partition coefficient (Wildman–Crippen LogP) is 2.37. The van der Waals surface area contributed by atoms with Gasteiger partial charge in [0, 0.05) is 31.8 Å². The van der Waals surface area contributed by atoms with Crippen molar-refractivity contribution in [1.29, 1.82) is 0 Å². The monoisotopic (exact) mass is 347 g/mol. The third kappa shape index (κ3) is 3.28. The van der Waals surface area contributed by atoms with Crippen molar-refractivity contribution < 1.29 is 19.2 Å². The quantitative estimate of drug-likeness (QED) is 0.878. The highest BCUT2D eigenvalue weighted by atomic mass is 16.5. The van der Waals surface area contributed by atoms with Crippen LogP contribution in [-0.2, 0) is 16.0 Å². The van der Waals surface area contributed by atoms with E-state index in [0.717, 1.165) is 37.9 Å². The van der Waals surface area contributed by atoms with E-state index in [-0.39, 0.29) is 17.2 Å². The highest BCUT2D eigenvalue weighted by molar-refractivity contribution is 5.77. The fourth-order valence-corrected chi connectivity index (χ4v) is 4.54. The Kier molecular flexibility index (Phi) is 4.25. The zero-order valence-corrected chi connectivity index (χ0v) is 14.4. The zero-order valence-electron chi connectivity index (χ0n) is 14.4. The molecule has 1 amide bonds. The number of aliphatic carboxylic acids is 1. The van der Waals surface area contributed by atoms with Crippen LogP contribution in [0.4, 0.5) is 0 Å². The van der Waals surface area contributed by atoms with Crippen molar-refractivity contribution in [3.8, 4) is 0 Å². The summed E-state index contributed by atoms with van der Waals surface area (Å²) in [6, 6.07) is 0. The van der Waals surface area contributed by atoms with Gasteiger partial charge in [-0.05, 0) is 37.5 Å². The summed E-state index contributed by atoms with van der Waals surface area (Å²) in [6.45, 7) is 1.33. The van der Waals surface area contributed by atoms with E-state index in [0.29, 0.717) is 37.7 Å². The summed E-state index contributed by atoms with van der Waals surface area (Å²) in [5.74, 6) is 0.992. The Morgan fingerprint density at radius 1 is 1.24 bits per heavy atom. The molecule has 25 heavy (non-hydrogen) atoms. The third-order valence-corrected chi connectivity index (χ3v) is 6.36. The number of piperidine rings is 1. The first-order valence-corrected chi connectivity index (χ1v) is 9.40. The topological polar surface area (TPSA) is 96.5 Å². The van der Waals surface area contributed by atoms with Crippen molar-refractivity contribution in [3.05, 3.63) is 11.7 Å². The van der Waals surface area contributed by atoms with E-state index in [1.807, 2.05) is 4.90 Å². The molecule has 1 aliphatic heterocycles. The molecule has 1 N–H and O–H groups in total. The average molecular weight is 347 g/mol. The lowest BCUT2D eigenvalue weighted by Gasteiger charge is -2.32. The molecule has 0 aromatic carbocycles. The van der Waals surface area contributed by atoms with Crippen LogP contribution < -0.4 is 0 Å². The summed E-state index contributed by atoms with van der Waals surface area (Å²) in [7, 11) is 0. The van der Waals surface area contributed by atoms with Crippen LogP contribution in [0.1, 0.15) is 69.0 Å². The molecule has 1 atom stereocenters. The second-order valence-corrected chi connectivity index (χ2v) is 7.87. The van der Waals surface area contributed by atoms with Gasteiger partial charge >= 0.3 is 5.97 Å². The number of amides is 1. The van der Waals surface area contributed by atoms with Gasteiger partial charge in [0.15, 0.2) is 5.82 Å². The fraction of sp³-hybridized carbons (Fsp3) is 0.778. The Bertz CT molecular complexity index is 657. The summed E-state index contributed by atoms with van der Waals surface area (Å²) in [6.07, 6.45) is 7.97. The Hall–Kier alpha value is -1.92. The van der Waals surface area contributed by atoms with Gasteiger partial charge in [0.05, 0.1) is 5.92 Å². The molecule has 4 rings (SSSR count). The number of carboxylic acids is 1. The maximum Gasteiger partial charge on any atom is 0.307 e. The van der Waals surface area contributed by atoms with Crippen molar-refractivity contribution in [3.63, 3.8) is 0 Å². The van der Waals surface area contributed by atoms with Crippen molar-refractivity contribution in [1.82, 2.24) is 15.0 Å². The molecule has 136 valence electrons. The van der Waals surface area contributed by atoms with Crippen LogP contribution in [0.2, 0.25) is 0 Å². The molecule has 1 aromatic rings. The summed E-state index contributed by atoms with van der Waals surface area (Å²) in [5.41, 5.74) is -0.0364. The van der Waals surface area contributed by atoms with E-state index < -0.39 is 5.97 Å². The van der Waals surface area contributed by atoms with Gasteiger partial charge in [-0.3, -0.25) is 9.59 Å². The van der Waals surface area contributed by atoms with E-state index in [9.17, 15) is 9.59 Å². The molecular formula is C18H25N3O4. The number of aromatic nitrogens is 2. The van der Waals surface area contributed by atoms with Crippen LogP contribution in [-0.4, -0.2) is 45.1 Å². The molecule has 2 heterocycles. The number of carbonyl (C=O) groups excluding carboxylic acids is 1. The maximum absolute atomic E-state index is 12.4. The summed E-state index contributed by atoms with van der Waals surface area (Å²) >= 11 is 0. The molecule has 1 spiro atoms. The first kappa shape index (κ1) is 16.5. The molecule has 7 nitrogen and oxygen atoms in total. The molecule has 1 unspecified atom stereocenters. The van der Waals surface area contributed by atoms with Crippen molar-refractivity contribution in [2.24, 2.45) is 11.3 Å². The van der Waals surface area contributed by atoms with Gasteiger partial charge in [0.2, 0.25) is 11.8 Å². The van der Waals surface area contributed by atoms with E-state index in [2.05, 4.69) is 10.1 Å². The molecule has 3 aliphatic rings. The highest BCUT2D eigenvalue weighted by Gasteiger charge is 2.59. The highest BCUT2D eigenvalue weighted by Crippen LogP contribution is 2.59. The van der Waals surface area contributed by atoms with Gasteiger partial charge in [-0.15, -0.1) is 0 Å². The van der Waals surface area contributed by atoms with Crippen molar-refractivity contribution >= 4 is 11.9 Å². The predicted molar refractivity (Wildman–Crippen MR) is 87.8 cm³/mol. The molecule has 1 saturated heterocycles.